The normalized spacial score (nSPS) is 10.7. The van der Waals surface area contributed by atoms with Crippen LogP contribution in [-0.2, 0) is 0 Å². The van der Waals surface area contributed by atoms with Gasteiger partial charge in [-0.15, -0.1) is 0 Å². The van der Waals surface area contributed by atoms with Crippen molar-refractivity contribution >= 4 is 5.82 Å². The second-order valence-electron chi connectivity index (χ2n) is 4.70. The molecule has 0 aromatic carbocycles. The maximum atomic E-state index is 4.44. The van der Waals surface area contributed by atoms with Gasteiger partial charge in [0.2, 0.25) is 0 Å². The SMILES string of the molecule is CN(C)CCN(C)c1cnc(-c2ccccn2)cn1. The van der Waals surface area contributed by atoms with Gasteiger partial charge in [0.25, 0.3) is 0 Å². The van der Waals surface area contributed by atoms with E-state index in [9.17, 15) is 0 Å². The number of hydrogen-bond donors (Lipinski definition) is 0. The Hall–Kier alpha value is -2.01. The van der Waals surface area contributed by atoms with Crippen LogP contribution in [0.15, 0.2) is 36.8 Å². The third kappa shape index (κ3) is 3.72. The average molecular weight is 257 g/mol. The Bertz CT molecular complexity index is 495. The quantitative estimate of drug-likeness (QED) is 0.813. The first-order valence-corrected chi connectivity index (χ1v) is 6.26. The molecule has 0 atom stereocenters. The van der Waals surface area contributed by atoms with E-state index in [1.54, 1.807) is 18.6 Å². The summed E-state index contributed by atoms with van der Waals surface area (Å²) in [7, 11) is 6.14. The molecule has 5 heteroatoms. The molecule has 2 aromatic heterocycles. The second-order valence-corrected chi connectivity index (χ2v) is 4.70. The Morgan fingerprint density at radius 2 is 1.74 bits per heavy atom. The lowest BCUT2D eigenvalue weighted by Crippen LogP contribution is -2.29. The van der Waals surface area contributed by atoms with Crippen LogP contribution < -0.4 is 4.90 Å². The lowest BCUT2D eigenvalue weighted by atomic mass is 10.3. The van der Waals surface area contributed by atoms with Crippen LogP contribution in [0.1, 0.15) is 0 Å². The molecule has 0 radical (unpaired) electrons. The molecule has 0 aliphatic carbocycles. The van der Waals surface area contributed by atoms with Gasteiger partial charge in [0.1, 0.15) is 11.5 Å². The van der Waals surface area contributed by atoms with Crippen molar-refractivity contribution in [2.75, 3.05) is 39.1 Å². The summed E-state index contributed by atoms with van der Waals surface area (Å²) in [5, 5.41) is 0. The number of likely N-dealkylation sites (N-methyl/N-ethyl adjacent to an activating group) is 2. The predicted octanol–water partition coefficient (Wildman–Crippen LogP) is 1.54. The zero-order valence-corrected chi connectivity index (χ0v) is 11.6. The number of anilines is 1. The van der Waals surface area contributed by atoms with E-state index in [0.29, 0.717) is 0 Å². The van der Waals surface area contributed by atoms with Crippen LogP contribution in [-0.4, -0.2) is 54.1 Å². The fraction of sp³-hybridized carbons (Fsp3) is 0.357. The predicted molar refractivity (Wildman–Crippen MR) is 77.1 cm³/mol. The minimum Gasteiger partial charge on any atom is -0.357 e. The van der Waals surface area contributed by atoms with Crippen LogP contribution in [0.2, 0.25) is 0 Å². The Kier molecular flexibility index (Phi) is 4.41. The van der Waals surface area contributed by atoms with Crippen molar-refractivity contribution in [3.63, 3.8) is 0 Å². The third-order valence-corrected chi connectivity index (χ3v) is 2.84. The van der Waals surface area contributed by atoms with E-state index < -0.39 is 0 Å². The zero-order valence-electron chi connectivity index (χ0n) is 11.6. The molecular weight excluding hydrogens is 238 g/mol. The highest BCUT2D eigenvalue weighted by atomic mass is 15.2. The van der Waals surface area contributed by atoms with Crippen molar-refractivity contribution in [3.05, 3.63) is 36.8 Å². The van der Waals surface area contributed by atoms with E-state index in [4.69, 9.17) is 0 Å². The molecule has 5 nitrogen and oxygen atoms in total. The van der Waals surface area contributed by atoms with Gasteiger partial charge in [-0.2, -0.15) is 0 Å². The summed E-state index contributed by atoms with van der Waals surface area (Å²) in [5.41, 5.74) is 1.64. The smallest absolute Gasteiger partial charge is 0.146 e. The molecule has 19 heavy (non-hydrogen) atoms. The number of hydrogen-bond acceptors (Lipinski definition) is 5. The largest absolute Gasteiger partial charge is 0.357 e. The monoisotopic (exact) mass is 257 g/mol. The van der Waals surface area contributed by atoms with Crippen LogP contribution in [0, 0.1) is 0 Å². The van der Waals surface area contributed by atoms with Gasteiger partial charge in [-0.25, -0.2) is 9.97 Å². The van der Waals surface area contributed by atoms with Gasteiger partial charge >= 0.3 is 0 Å². The molecular formula is C14H19N5. The maximum absolute atomic E-state index is 4.44. The molecule has 0 bridgehead atoms. The molecule has 0 saturated heterocycles. The molecule has 0 aliphatic heterocycles. The van der Waals surface area contributed by atoms with E-state index in [1.165, 1.54) is 0 Å². The molecule has 0 aliphatic rings. The molecule has 0 amide bonds. The van der Waals surface area contributed by atoms with Gasteiger partial charge in [0, 0.05) is 26.3 Å². The standard InChI is InChI=1S/C14H19N5/c1-18(2)8-9-19(3)14-11-16-13(10-17-14)12-6-4-5-7-15-12/h4-7,10-11H,8-9H2,1-3H3. The molecule has 0 spiro atoms. The molecule has 0 fully saturated rings. The first-order chi connectivity index (χ1) is 9.16. The highest BCUT2D eigenvalue weighted by Crippen LogP contribution is 2.14. The summed E-state index contributed by atoms with van der Waals surface area (Å²) in [5.74, 6) is 0.876. The third-order valence-electron chi connectivity index (χ3n) is 2.84. The minimum atomic E-state index is 0.797. The van der Waals surface area contributed by atoms with Crippen LogP contribution in [0.3, 0.4) is 0 Å². The van der Waals surface area contributed by atoms with Crippen molar-refractivity contribution in [1.82, 2.24) is 19.9 Å². The van der Waals surface area contributed by atoms with Crippen molar-refractivity contribution in [1.29, 1.82) is 0 Å². The fourth-order valence-corrected chi connectivity index (χ4v) is 1.63. The Balaban J connectivity index is 2.06. The second kappa shape index (κ2) is 6.24. The molecule has 0 N–H and O–H groups in total. The summed E-state index contributed by atoms with van der Waals surface area (Å²) in [6, 6.07) is 5.76. The molecule has 2 aromatic rings. The van der Waals surface area contributed by atoms with Crippen LogP contribution >= 0.6 is 0 Å². The van der Waals surface area contributed by atoms with Gasteiger partial charge in [0.15, 0.2) is 0 Å². The summed E-state index contributed by atoms with van der Waals surface area (Å²) in [6.07, 6.45) is 5.32. The average Bonchev–Trinajstić information content (AvgIpc) is 2.46. The van der Waals surface area contributed by atoms with Crippen molar-refractivity contribution < 1.29 is 0 Å². The lowest BCUT2D eigenvalue weighted by molar-refractivity contribution is 0.416. The topological polar surface area (TPSA) is 45.2 Å². The number of aromatic nitrogens is 3. The molecule has 2 rings (SSSR count). The summed E-state index contributed by atoms with van der Waals surface area (Å²) in [4.78, 5) is 17.4. The number of pyridine rings is 1. The van der Waals surface area contributed by atoms with Crippen molar-refractivity contribution in [2.45, 2.75) is 0 Å². The van der Waals surface area contributed by atoms with Crippen LogP contribution in [0.4, 0.5) is 5.82 Å². The Labute approximate surface area is 113 Å². The summed E-state index contributed by atoms with van der Waals surface area (Å²) < 4.78 is 0. The van der Waals surface area contributed by atoms with Gasteiger partial charge in [-0.05, 0) is 26.2 Å². The summed E-state index contributed by atoms with van der Waals surface area (Å²) in [6.45, 7) is 1.91. The van der Waals surface area contributed by atoms with E-state index in [0.717, 1.165) is 30.3 Å². The Morgan fingerprint density at radius 1 is 0.895 bits per heavy atom. The molecule has 0 saturated carbocycles. The highest BCUT2D eigenvalue weighted by molar-refractivity contribution is 5.53. The van der Waals surface area contributed by atoms with Gasteiger partial charge in [-0.3, -0.25) is 4.98 Å². The minimum absolute atomic E-state index is 0.797. The molecule has 2 heterocycles. The van der Waals surface area contributed by atoms with E-state index >= 15 is 0 Å². The van der Waals surface area contributed by atoms with E-state index in [1.807, 2.05) is 25.2 Å². The number of rotatable bonds is 5. The van der Waals surface area contributed by atoms with E-state index in [2.05, 4.69) is 38.8 Å². The van der Waals surface area contributed by atoms with Gasteiger partial charge in [-0.1, -0.05) is 6.07 Å². The first kappa shape index (κ1) is 13.4. The van der Waals surface area contributed by atoms with Gasteiger partial charge in [0.05, 0.1) is 18.1 Å². The lowest BCUT2D eigenvalue weighted by Gasteiger charge is -2.20. The highest BCUT2D eigenvalue weighted by Gasteiger charge is 2.05. The van der Waals surface area contributed by atoms with Crippen LogP contribution in [0.5, 0.6) is 0 Å². The molecule has 100 valence electrons. The first-order valence-electron chi connectivity index (χ1n) is 6.26. The van der Waals surface area contributed by atoms with E-state index in [-0.39, 0.29) is 0 Å². The zero-order chi connectivity index (χ0) is 13.7. The fourth-order valence-electron chi connectivity index (χ4n) is 1.63. The molecule has 0 unspecified atom stereocenters. The van der Waals surface area contributed by atoms with Crippen molar-refractivity contribution in [3.8, 4) is 11.4 Å². The van der Waals surface area contributed by atoms with Gasteiger partial charge < -0.3 is 9.80 Å². The number of nitrogens with zero attached hydrogens (tertiary/aromatic N) is 5. The van der Waals surface area contributed by atoms with Crippen molar-refractivity contribution in [2.24, 2.45) is 0 Å². The van der Waals surface area contributed by atoms with Crippen LogP contribution in [0.25, 0.3) is 11.4 Å². The Morgan fingerprint density at radius 3 is 2.32 bits per heavy atom. The maximum Gasteiger partial charge on any atom is 0.146 e. The summed E-state index contributed by atoms with van der Waals surface area (Å²) >= 11 is 0.